The summed E-state index contributed by atoms with van der Waals surface area (Å²) in [5.74, 6) is 0.0219. The van der Waals surface area contributed by atoms with Crippen LogP contribution in [0.15, 0.2) is 24.3 Å². The van der Waals surface area contributed by atoms with Gasteiger partial charge in [-0.05, 0) is 17.7 Å². The molecule has 0 N–H and O–H groups in total. The second-order valence-corrected chi connectivity index (χ2v) is 3.35. The third kappa shape index (κ3) is 2.62. The van der Waals surface area contributed by atoms with Crippen LogP contribution >= 0.6 is 0 Å². The average molecular weight is 218 g/mol. The van der Waals surface area contributed by atoms with E-state index in [-0.39, 0.29) is 11.7 Å². The highest BCUT2D eigenvalue weighted by molar-refractivity contribution is 5.31. The monoisotopic (exact) mass is 218 g/mol. The van der Waals surface area contributed by atoms with Gasteiger partial charge in [-0.1, -0.05) is 12.1 Å². The quantitative estimate of drug-likeness (QED) is 0.759. The molecule has 1 heterocycles. The number of benzene rings is 1. The Morgan fingerprint density at radius 1 is 1.27 bits per heavy atom. The van der Waals surface area contributed by atoms with Gasteiger partial charge >= 0.3 is 6.36 Å². The van der Waals surface area contributed by atoms with E-state index in [0.717, 1.165) is 5.56 Å². The predicted octanol–water partition coefficient (Wildman–Crippen LogP) is 2.70. The molecule has 1 aliphatic heterocycles. The summed E-state index contributed by atoms with van der Waals surface area (Å²) >= 11 is 0. The lowest BCUT2D eigenvalue weighted by Gasteiger charge is -2.26. The van der Waals surface area contributed by atoms with Crippen molar-refractivity contribution in [1.82, 2.24) is 0 Å². The summed E-state index contributed by atoms with van der Waals surface area (Å²) in [5, 5.41) is 0. The molecular weight excluding hydrogens is 209 g/mol. The van der Waals surface area contributed by atoms with Crippen LogP contribution in [0.2, 0.25) is 0 Å². The first-order valence-corrected chi connectivity index (χ1v) is 4.48. The van der Waals surface area contributed by atoms with E-state index in [1.165, 1.54) is 12.1 Å². The Bertz CT molecular complexity index is 345. The zero-order valence-electron chi connectivity index (χ0n) is 7.75. The predicted molar refractivity (Wildman–Crippen MR) is 46.7 cm³/mol. The molecule has 0 bridgehead atoms. The highest BCUT2D eigenvalue weighted by Gasteiger charge is 2.31. The second-order valence-electron chi connectivity index (χ2n) is 3.35. The molecule has 0 saturated carbocycles. The molecule has 2 nitrogen and oxygen atoms in total. The number of alkyl halides is 3. The van der Waals surface area contributed by atoms with Gasteiger partial charge < -0.3 is 9.47 Å². The molecule has 0 unspecified atom stereocenters. The average Bonchev–Trinajstić information content (AvgIpc) is 1.97. The van der Waals surface area contributed by atoms with Gasteiger partial charge in [0.25, 0.3) is 0 Å². The normalized spacial score (nSPS) is 17.3. The first kappa shape index (κ1) is 10.3. The van der Waals surface area contributed by atoms with Crippen LogP contribution in [0.1, 0.15) is 11.5 Å². The standard InChI is InChI=1S/C10H9F3O2/c11-10(12,13)15-9-3-1-2-7(4-9)8-5-14-6-8/h1-4,8H,5-6H2. The van der Waals surface area contributed by atoms with Crippen molar-refractivity contribution in [2.24, 2.45) is 0 Å². The fourth-order valence-electron chi connectivity index (χ4n) is 1.39. The summed E-state index contributed by atoms with van der Waals surface area (Å²) in [5.41, 5.74) is 0.822. The van der Waals surface area contributed by atoms with Crippen LogP contribution in [0.3, 0.4) is 0 Å². The number of hydrogen-bond donors (Lipinski definition) is 0. The minimum Gasteiger partial charge on any atom is -0.406 e. The van der Waals surface area contributed by atoms with E-state index >= 15 is 0 Å². The highest BCUT2D eigenvalue weighted by atomic mass is 19.4. The molecule has 15 heavy (non-hydrogen) atoms. The molecule has 5 heteroatoms. The number of ether oxygens (including phenoxy) is 2. The Hall–Kier alpha value is -1.23. The van der Waals surface area contributed by atoms with Crippen molar-refractivity contribution < 1.29 is 22.6 Å². The van der Waals surface area contributed by atoms with E-state index in [9.17, 15) is 13.2 Å². The summed E-state index contributed by atoms with van der Waals surface area (Å²) in [4.78, 5) is 0. The van der Waals surface area contributed by atoms with Crippen LogP contribution in [0.5, 0.6) is 5.75 Å². The second kappa shape index (κ2) is 3.73. The van der Waals surface area contributed by atoms with E-state index in [2.05, 4.69) is 4.74 Å². The molecule has 0 atom stereocenters. The molecule has 0 aromatic heterocycles. The fourth-order valence-corrected chi connectivity index (χ4v) is 1.39. The minimum absolute atomic E-state index is 0.174. The number of hydrogen-bond acceptors (Lipinski definition) is 2. The zero-order valence-corrected chi connectivity index (χ0v) is 7.75. The molecule has 0 radical (unpaired) electrons. The van der Waals surface area contributed by atoms with Crippen molar-refractivity contribution in [2.75, 3.05) is 13.2 Å². The first-order chi connectivity index (χ1) is 7.04. The van der Waals surface area contributed by atoms with Gasteiger partial charge in [-0.2, -0.15) is 0 Å². The van der Waals surface area contributed by atoms with Gasteiger partial charge in [-0.3, -0.25) is 0 Å². The van der Waals surface area contributed by atoms with Crippen LogP contribution in [-0.4, -0.2) is 19.6 Å². The molecule has 1 saturated heterocycles. The largest absolute Gasteiger partial charge is 0.573 e. The summed E-state index contributed by atoms with van der Waals surface area (Å²) in [6.45, 7) is 1.13. The van der Waals surface area contributed by atoms with Gasteiger partial charge in [-0.25, -0.2) is 0 Å². The van der Waals surface area contributed by atoms with Crippen molar-refractivity contribution in [1.29, 1.82) is 0 Å². The van der Waals surface area contributed by atoms with Gasteiger partial charge in [0.2, 0.25) is 0 Å². The van der Waals surface area contributed by atoms with Crippen LogP contribution in [0.25, 0.3) is 0 Å². The van der Waals surface area contributed by atoms with Crippen LogP contribution in [0.4, 0.5) is 13.2 Å². The molecule has 1 aromatic rings. The number of halogens is 3. The summed E-state index contributed by atoms with van der Waals surface area (Å²) < 4.78 is 44.6. The van der Waals surface area contributed by atoms with Crippen molar-refractivity contribution in [3.05, 3.63) is 29.8 Å². The van der Waals surface area contributed by atoms with E-state index in [1.54, 1.807) is 12.1 Å². The molecule has 2 rings (SSSR count). The Morgan fingerprint density at radius 2 is 2.00 bits per heavy atom. The fraction of sp³-hybridized carbons (Fsp3) is 0.400. The third-order valence-electron chi connectivity index (χ3n) is 2.20. The summed E-state index contributed by atoms with van der Waals surface area (Å²) in [7, 11) is 0. The minimum atomic E-state index is -4.63. The van der Waals surface area contributed by atoms with Crippen molar-refractivity contribution >= 4 is 0 Å². The first-order valence-electron chi connectivity index (χ1n) is 4.48. The lowest BCUT2D eigenvalue weighted by molar-refractivity contribution is -0.274. The van der Waals surface area contributed by atoms with E-state index in [0.29, 0.717) is 13.2 Å². The summed E-state index contributed by atoms with van der Waals surface area (Å²) in [6, 6.07) is 6.02. The summed E-state index contributed by atoms with van der Waals surface area (Å²) in [6.07, 6.45) is -4.63. The van der Waals surface area contributed by atoms with Crippen LogP contribution in [-0.2, 0) is 4.74 Å². The van der Waals surface area contributed by atoms with Gasteiger partial charge in [0.1, 0.15) is 5.75 Å². The van der Waals surface area contributed by atoms with Crippen LogP contribution < -0.4 is 4.74 Å². The maximum Gasteiger partial charge on any atom is 0.573 e. The molecule has 1 aliphatic rings. The SMILES string of the molecule is FC(F)(F)Oc1cccc(C2COC2)c1. The Balaban J connectivity index is 2.11. The van der Waals surface area contributed by atoms with Crippen molar-refractivity contribution in [3.8, 4) is 5.75 Å². The molecule has 1 aromatic carbocycles. The molecular formula is C10H9F3O2. The maximum absolute atomic E-state index is 11.9. The Labute approximate surface area is 84.6 Å². The highest BCUT2D eigenvalue weighted by Crippen LogP contribution is 2.29. The molecule has 0 spiro atoms. The Kier molecular flexibility index (Phi) is 2.56. The van der Waals surface area contributed by atoms with Crippen molar-refractivity contribution in [2.45, 2.75) is 12.3 Å². The lowest BCUT2D eigenvalue weighted by Crippen LogP contribution is -2.25. The lowest BCUT2D eigenvalue weighted by atomic mass is 9.98. The number of rotatable bonds is 2. The van der Waals surface area contributed by atoms with Gasteiger partial charge in [0.15, 0.2) is 0 Å². The Morgan fingerprint density at radius 3 is 2.53 bits per heavy atom. The molecule has 1 fully saturated rings. The van der Waals surface area contributed by atoms with Crippen molar-refractivity contribution in [3.63, 3.8) is 0 Å². The molecule has 0 aliphatic carbocycles. The van der Waals surface area contributed by atoms with E-state index in [4.69, 9.17) is 4.74 Å². The molecule has 0 amide bonds. The van der Waals surface area contributed by atoms with E-state index < -0.39 is 6.36 Å². The third-order valence-corrected chi connectivity index (χ3v) is 2.20. The smallest absolute Gasteiger partial charge is 0.406 e. The zero-order chi connectivity index (χ0) is 10.9. The maximum atomic E-state index is 11.9. The van der Waals surface area contributed by atoms with Crippen LogP contribution in [0, 0.1) is 0 Å². The van der Waals surface area contributed by atoms with E-state index in [1.807, 2.05) is 0 Å². The molecule has 82 valence electrons. The van der Waals surface area contributed by atoms with Gasteiger partial charge in [0.05, 0.1) is 13.2 Å². The van der Waals surface area contributed by atoms with Gasteiger partial charge in [0, 0.05) is 5.92 Å². The van der Waals surface area contributed by atoms with Gasteiger partial charge in [-0.15, -0.1) is 13.2 Å². The topological polar surface area (TPSA) is 18.5 Å².